The van der Waals surface area contributed by atoms with Gasteiger partial charge in [-0.3, -0.25) is 24.1 Å². The van der Waals surface area contributed by atoms with Crippen molar-refractivity contribution in [3.63, 3.8) is 0 Å². The van der Waals surface area contributed by atoms with Crippen molar-refractivity contribution in [2.24, 2.45) is 0 Å². The van der Waals surface area contributed by atoms with Gasteiger partial charge in [0.25, 0.3) is 11.8 Å². The van der Waals surface area contributed by atoms with Crippen LogP contribution in [0, 0.1) is 11.6 Å². The molecular weight excluding hydrogens is 482 g/mol. The second kappa shape index (κ2) is 10.2. The number of nitrogens with one attached hydrogen (secondary N) is 1. The number of amides is 2. The fraction of sp³-hybridized carbons (Fsp3) is 0.261. The Labute approximate surface area is 202 Å². The monoisotopic (exact) mass is 504 g/mol. The molecule has 184 valence electrons. The predicted octanol–water partition coefficient (Wildman–Crippen LogP) is 2.02. The van der Waals surface area contributed by atoms with Gasteiger partial charge in [-0.1, -0.05) is 6.07 Å². The van der Waals surface area contributed by atoms with Gasteiger partial charge in [0.05, 0.1) is 13.2 Å². The summed E-state index contributed by atoms with van der Waals surface area (Å²) in [4.78, 5) is 40.1. The minimum absolute atomic E-state index is 0.0186. The molecule has 3 heterocycles. The van der Waals surface area contributed by atoms with Gasteiger partial charge in [0.2, 0.25) is 5.43 Å². The lowest BCUT2D eigenvalue weighted by molar-refractivity contribution is 0.0619. The van der Waals surface area contributed by atoms with E-state index in [1.54, 1.807) is 5.01 Å². The fourth-order valence-electron chi connectivity index (χ4n) is 3.68. The molecule has 2 N–H and O–H groups in total. The van der Waals surface area contributed by atoms with Gasteiger partial charge in [0, 0.05) is 38.0 Å². The van der Waals surface area contributed by atoms with Gasteiger partial charge in [-0.05, 0) is 28.5 Å². The van der Waals surface area contributed by atoms with E-state index in [2.05, 4.69) is 5.32 Å². The molecule has 9 nitrogen and oxygen atoms in total. The number of nitrogens with zero attached hydrogens (tertiary/aromatic N) is 3. The van der Waals surface area contributed by atoms with Crippen LogP contribution in [0.5, 0.6) is 5.75 Å². The molecule has 1 aliphatic rings. The van der Waals surface area contributed by atoms with Crippen molar-refractivity contribution in [1.29, 1.82) is 0 Å². The van der Waals surface area contributed by atoms with Gasteiger partial charge >= 0.3 is 0 Å². The van der Waals surface area contributed by atoms with E-state index in [1.165, 1.54) is 40.3 Å². The Morgan fingerprint density at radius 3 is 2.74 bits per heavy atom. The van der Waals surface area contributed by atoms with E-state index in [0.29, 0.717) is 12.6 Å². The number of fused-ring (bicyclic) bond motifs is 1. The van der Waals surface area contributed by atoms with Crippen molar-refractivity contribution >= 4 is 23.2 Å². The Morgan fingerprint density at radius 1 is 1.26 bits per heavy atom. The SMILES string of the molecule is COCCN1CN(Cc2ccsc2)n2cc(C(=O)NCc3ccc(F)cc3F)c(=O)c(O)c2C1=O. The summed E-state index contributed by atoms with van der Waals surface area (Å²) in [6.07, 6.45) is 1.19. The highest BCUT2D eigenvalue weighted by molar-refractivity contribution is 7.07. The minimum Gasteiger partial charge on any atom is -0.502 e. The fourth-order valence-corrected chi connectivity index (χ4v) is 4.34. The molecule has 2 aromatic heterocycles. The number of rotatable bonds is 8. The molecule has 4 rings (SSSR count). The van der Waals surface area contributed by atoms with Crippen LogP contribution in [-0.4, -0.2) is 53.4 Å². The average Bonchev–Trinajstić information content (AvgIpc) is 3.34. The Kier molecular flexibility index (Phi) is 7.12. The third-order valence-electron chi connectivity index (χ3n) is 5.50. The molecule has 3 aromatic rings. The van der Waals surface area contributed by atoms with Crippen LogP contribution in [0.25, 0.3) is 0 Å². The number of benzene rings is 1. The van der Waals surface area contributed by atoms with Gasteiger partial charge in [-0.15, -0.1) is 0 Å². The molecule has 0 saturated carbocycles. The first-order valence-electron chi connectivity index (χ1n) is 10.6. The molecule has 1 aromatic carbocycles. The molecule has 12 heteroatoms. The average molecular weight is 505 g/mol. The molecule has 0 aliphatic carbocycles. The van der Waals surface area contributed by atoms with Crippen LogP contribution in [0.3, 0.4) is 0 Å². The zero-order chi connectivity index (χ0) is 25.1. The van der Waals surface area contributed by atoms with Crippen LogP contribution >= 0.6 is 11.3 Å². The highest BCUT2D eigenvalue weighted by Gasteiger charge is 2.34. The van der Waals surface area contributed by atoms with Crippen molar-refractivity contribution in [1.82, 2.24) is 14.9 Å². The van der Waals surface area contributed by atoms with Crippen molar-refractivity contribution in [3.05, 3.63) is 85.5 Å². The zero-order valence-electron chi connectivity index (χ0n) is 18.7. The number of carbonyl (C=O) groups is 2. The number of hydrogen-bond donors (Lipinski definition) is 2. The molecule has 0 atom stereocenters. The molecule has 0 spiro atoms. The second-order valence-corrected chi connectivity index (χ2v) is 8.61. The molecule has 35 heavy (non-hydrogen) atoms. The Hall–Kier alpha value is -3.77. The summed E-state index contributed by atoms with van der Waals surface area (Å²) >= 11 is 1.49. The van der Waals surface area contributed by atoms with Gasteiger partial charge in [0.1, 0.15) is 23.9 Å². The lowest BCUT2D eigenvalue weighted by Gasteiger charge is -2.39. The smallest absolute Gasteiger partial charge is 0.277 e. The minimum atomic E-state index is -1.04. The first kappa shape index (κ1) is 24.4. The summed E-state index contributed by atoms with van der Waals surface area (Å²) in [5, 5.41) is 18.6. The van der Waals surface area contributed by atoms with Crippen LogP contribution in [0.4, 0.5) is 8.78 Å². The quantitative estimate of drug-likeness (QED) is 0.487. The van der Waals surface area contributed by atoms with E-state index in [9.17, 15) is 28.3 Å². The molecule has 1 aliphatic heterocycles. The van der Waals surface area contributed by atoms with Crippen LogP contribution in [0.2, 0.25) is 0 Å². The molecule has 2 amide bonds. The van der Waals surface area contributed by atoms with Crippen LogP contribution in [-0.2, 0) is 17.8 Å². The Morgan fingerprint density at radius 2 is 2.06 bits per heavy atom. The number of aromatic hydroxyl groups is 1. The topological polar surface area (TPSA) is 104 Å². The van der Waals surface area contributed by atoms with E-state index < -0.39 is 40.2 Å². The molecule has 0 bridgehead atoms. The normalized spacial score (nSPS) is 13.2. The van der Waals surface area contributed by atoms with E-state index in [4.69, 9.17) is 4.74 Å². The number of halogens is 2. The third-order valence-corrected chi connectivity index (χ3v) is 6.23. The zero-order valence-corrected chi connectivity index (χ0v) is 19.5. The molecule has 0 radical (unpaired) electrons. The number of ether oxygens (including phenoxy) is 1. The maximum absolute atomic E-state index is 13.9. The summed E-state index contributed by atoms with van der Waals surface area (Å²) in [7, 11) is 1.50. The number of hydrogen-bond acceptors (Lipinski definition) is 7. The largest absolute Gasteiger partial charge is 0.502 e. The number of methoxy groups -OCH3 is 1. The van der Waals surface area contributed by atoms with Gasteiger partial charge < -0.3 is 20.1 Å². The highest BCUT2D eigenvalue weighted by Crippen LogP contribution is 2.23. The number of pyridine rings is 1. The maximum atomic E-state index is 13.9. The predicted molar refractivity (Wildman–Crippen MR) is 124 cm³/mol. The third kappa shape index (κ3) is 5.03. The lowest BCUT2D eigenvalue weighted by atomic mass is 10.1. The van der Waals surface area contributed by atoms with Crippen LogP contribution < -0.4 is 15.8 Å². The van der Waals surface area contributed by atoms with Crippen molar-refractivity contribution < 1.29 is 28.2 Å². The molecular formula is C23H22F2N4O5S. The molecule has 0 saturated heterocycles. The Bertz CT molecular complexity index is 1310. The number of aromatic nitrogens is 1. The van der Waals surface area contributed by atoms with Gasteiger partial charge in [0.15, 0.2) is 11.4 Å². The first-order chi connectivity index (χ1) is 16.8. The highest BCUT2D eigenvalue weighted by atomic mass is 32.1. The standard InChI is InChI=1S/C23H22F2N4O5S/c1-34-6-5-27-13-28(10-14-4-7-35-12-14)29-11-17(20(30)21(31)19(29)23(27)33)22(32)26-9-15-2-3-16(24)8-18(15)25/h2-4,7-8,11-12,31H,5-6,9-10,13H2,1H3,(H,26,32). The van der Waals surface area contributed by atoms with E-state index >= 15 is 0 Å². The summed E-state index contributed by atoms with van der Waals surface area (Å²) < 4.78 is 33.4. The van der Waals surface area contributed by atoms with E-state index in [-0.39, 0.29) is 37.6 Å². The summed E-state index contributed by atoms with van der Waals surface area (Å²) in [5.41, 5.74) is -0.787. The Balaban J connectivity index is 1.68. The number of thiophene rings is 1. The molecule has 0 fully saturated rings. The summed E-state index contributed by atoms with van der Waals surface area (Å²) in [6, 6.07) is 4.81. The summed E-state index contributed by atoms with van der Waals surface area (Å²) in [5.74, 6) is -3.94. The second-order valence-electron chi connectivity index (χ2n) is 7.83. The van der Waals surface area contributed by atoms with E-state index in [1.807, 2.05) is 16.8 Å². The van der Waals surface area contributed by atoms with Crippen molar-refractivity contribution in [2.75, 3.05) is 31.9 Å². The van der Waals surface area contributed by atoms with Crippen molar-refractivity contribution in [3.8, 4) is 5.75 Å². The van der Waals surface area contributed by atoms with Crippen LogP contribution in [0.15, 0.2) is 46.0 Å². The molecule has 0 unspecified atom stereocenters. The maximum Gasteiger partial charge on any atom is 0.277 e. The lowest BCUT2D eigenvalue weighted by Crippen LogP contribution is -2.54. The summed E-state index contributed by atoms with van der Waals surface area (Å²) in [6.45, 7) is 0.625. The first-order valence-corrected chi connectivity index (χ1v) is 11.5. The number of carbonyl (C=O) groups excluding carboxylic acids is 2. The van der Waals surface area contributed by atoms with Gasteiger partial charge in [-0.25, -0.2) is 8.78 Å². The van der Waals surface area contributed by atoms with Gasteiger partial charge in [-0.2, -0.15) is 11.3 Å². The van der Waals surface area contributed by atoms with Crippen LogP contribution in [0.1, 0.15) is 32.0 Å². The van der Waals surface area contributed by atoms with E-state index in [0.717, 1.165) is 11.6 Å². The van der Waals surface area contributed by atoms with Crippen molar-refractivity contribution in [2.45, 2.75) is 13.1 Å².